The largest absolute Gasteiger partial charge is 0.382 e. The van der Waals surface area contributed by atoms with E-state index in [2.05, 4.69) is 12.2 Å². The third-order valence-corrected chi connectivity index (χ3v) is 4.20. The Labute approximate surface area is 119 Å². The van der Waals surface area contributed by atoms with E-state index >= 15 is 0 Å². The van der Waals surface area contributed by atoms with Crippen molar-refractivity contribution in [2.75, 3.05) is 40.0 Å². The molecule has 3 heteroatoms. The smallest absolute Gasteiger partial charge is 0.0700 e. The number of rotatable bonds is 12. The zero-order valence-electron chi connectivity index (χ0n) is 13.0. The van der Waals surface area contributed by atoms with Crippen molar-refractivity contribution in [3.05, 3.63) is 0 Å². The van der Waals surface area contributed by atoms with E-state index in [1.807, 2.05) is 0 Å². The summed E-state index contributed by atoms with van der Waals surface area (Å²) in [5, 5.41) is 3.61. The minimum Gasteiger partial charge on any atom is -0.382 e. The molecule has 1 fully saturated rings. The summed E-state index contributed by atoms with van der Waals surface area (Å²) in [6, 6.07) is 0. The van der Waals surface area contributed by atoms with Crippen molar-refractivity contribution >= 4 is 0 Å². The summed E-state index contributed by atoms with van der Waals surface area (Å²) in [7, 11) is 1.72. The summed E-state index contributed by atoms with van der Waals surface area (Å²) < 4.78 is 10.5. The van der Waals surface area contributed by atoms with Crippen LogP contribution in [-0.2, 0) is 9.47 Å². The lowest BCUT2D eigenvalue weighted by Gasteiger charge is -2.24. The molecule has 0 spiro atoms. The molecule has 0 bridgehead atoms. The van der Waals surface area contributed by atoms with Gasteiger partial charge in [-0.3, -0.25) is 0 Å². The van der Waals surface area contributed by atoms with E-state index in [0.717, 1.165) is 31.6 Å². The monoisotopic (exact) mass is 271 g/mol. The molecule has 0 aromatic heterocycles. The predicted molar refractivity (Wildman–Crippen MR) is 80.5 cm³/mol. The molecule has 0 aromatic rings. The molecule has 1 rings (SSSR count). The molecule has 1 aliphatic rings. The lowest BCUT2D eigenvalue weighted by atomic mass is 9.87. The molecule has 1 aliphatic carbocycles. The second kappa shape index (κ2) is 11.7. The van der Waals surface area contributed by atoms with Gasteiger partial charge in [-0.05, 0) is 44.2 Å². The van der Waals surface area contributed by atoms with Crippen molar-refractivity contribution in [1.29, 1.82) is 0 Å². The van der Waals surface area contributed by atoms with Crippen LogP contribution in [-0.4, -0.2) is 40.0 Å². The minimum absolute atomic E-state index is 0.712. The second-order valence-corrected chi connectivity index (χ2v) is 5.76. The first-order valence-corrected chi connectivity index (χ1v) is 8.15. The highest BCUT2D eigenvalue weighted by Gasteiger charge is 2.24. The van der Waals surface area contributed by atoms with Gasteiger partial charge in [-0.2, -0.15) is 0 Å². The predicted octanol–water partition coefficient (Wildman–Crippen LogP) is 3.24. The van der Waals surface area contributed by atoms with E-state index in [9.17, 15) is 0 Å². The average Bonchev–Trinajstić information content (AvgIpc) is 2.94. The summed E-state index contributed by atoms with van der Waals surface area (Å²) in [5.74, 6) is 1.82. The van der Waals surface area contributed by atoms with Crippen LogP contribution < -0.4 is 5.32 Å². The average molecular weight is 271 g/mol. The molecule has 0 aromatic carbocycles. The maximum atomic E-state index is 5.57. The Morgan fingerprint density at radius 1 is 1.16 bits per heavy atom. The summed E-state index contributed by atoms with van der Waals surface area (Å²) in [4.78, 5) is 0. The Morgan fingerprint density at radius 3 is 2.63 bits per heavy atom. The molecule has 1 saturated carbocycles. The van der Waals surface area contributed by atoms with Crippen LogP contribution in [0.4, 0.5) is 0 Å². The summed E-state index contributed by atoms with van der Waals surface area (Å²) in [5.41, 5.74) is 0. The number of hydrogen-bond acceptors (Lipinski definition) is 3. The third kappa shape index (κ3) is 7.91. The van der Waals surface area contributed by atoms with Gasteiger partial charge in [0.25, 0.3) is 0 Å². The van der Waals surface area contributed by atoms with Gasteiger partial charge in [0, 0.05) is 13.7 Å². The highest BCUT2D eigenvalue weighted by atomic mass is 16.5. The quantitative estimate of drug-likeness (QED) is 0.553. The fourth-order valence-electron chi connectivity index (χ4n) is 3.09. The van der Waals surface area contributed by atoms with E-state index < -0.39 is 0 Å². The first-order valence-electron chi connectivity index (χ1n) is 8.15. The van der Waals surface area contributed by atoms with Gasteiger partial charge in [0.2, 0.25) is 0 Å². The molecule has 0 aliphatic heterocycles. The SMILES string of the molecule is CCCNCC(CCCOCCOC)C1CCCC1. The normalized spacial score (nSPS) is 18.0. The Kier molecular flexibility index (Phi) is 10.4. The lowest BCUT2D eigenvalue weighted by Crippen LogP contribution is -2.28. The maximum Gasteiger partial charge on any atom is 0.0700 e. The molecule has 0 radical (unpaired) electrons. The molecule has 1 N–H and O–H groups in total. The van der Waals surface area contributed by atoms with E-state index in [1.165, 1.54) is 51.5 Å². The molecular formula is C16H33NO2. The fraction of sp³-hybridized carbons (Fsp3) is 1.00. The van der Waals surface area contributed by atoms with Crippen LogP contribution in [0.3, 0.4) is 0 Å². The Balaban J connectivity index is 2.12. The molecule has 1 atom stereocenters. The van der Waals surface area contributed by atoms with Crippen molar-refractivity contribution in [2.45, 2.75) is 51.9 Å². The van der Waals surface area contributed by atoms with Crippen molar-refractivity contribution in [1.82, 2.24) is 5.32 Å². The van der Waals surface area contributed by atoms with Crippen LogP contribution in [0.25, 0.3) is 0 Å². The maximum absolute atomic E-state index is 5.57. The van der Waals surface area contributed by atoms with E-state index in [-0.39, 0.29) is 0 Å². The van der Waals surface area contributed by atoms with Crippen LogP contribution in [0.15, 0.2) is 0 Å². The van der Waals surface area contributed by atoms with Gasteiger partial charge in [0.05, 0.1) is 13.2 Å². The molecule has 19 heavy (non-hydrogen) atoms. The van der Waals surface area contributed by atoms with Gasteiger partial charge in [-0.1, -0.05) is 32.6 Å². The van der Waals surface area contributed by atoms with E-state index in [4.69, 9.17) is 9.47 Å². The highest BCUT2D eigenvalue weighted by molar-refractivity contribution is 4.77. The van der Waals surface area contributed by atoms with Gasteiger partial charge >= 0.3 is 0 Å². The van der Waals surface area contributed by atoms with E-state index in [1.54, 1.807) is 7.11 Å². The van der Waals surface area contributed by atoms with Crippen molar-refractivity contribution in [3.8, 4) is 0 Å². The summed E-state index contributed by atoms with van der Waals surface area (Å²) in [6.07, 6.45) is 9.52. The number of ether oxygens (including phenoxy) is 2. The molecule has 0 heterocycles. The standard InChI is InChI=1S/C16H33NO2/c1-3-10-17-14-16(15-7-4-5-8-15)9-6-11-19-13-12-18-2/h15-17H,3-14H2,1-2H3. The molecule has 0 amide bonds. The van der Waals surface area contributed by atoms with Crippen molar-refractivity contribution < 1.29 is 9.47 Å². The van der Waals surface area contributed by atoms with Gasteiger partial charge in [-0.15, -0.1) is 0 Å². The van der Waals surface area contributed by atoms with E-state index in [0.29, 0.717) is 6.61 Å². The van der Waals surface area contributed by atoms with Gasteiger partial charge in [0.1, 0.15) is 0 Å². The summed E-state index contributed by atoms with van der Waals surface area (Å²) in [6.45, 7) is 6.94. The Morgan fingerprint density at radius 2 is 1.95 bits per heavy atom. The van der Waals surface area contributed by atoms with Crippen LogP contribution >= 0.6 is 0 Å². The lowest BCUT2D eigenvalue weighted by molar-refractivity contribution is 0.0660. The zero-order valence-corrected chi connectivity index (χ0v) is 13.0. The zero-order chi connectivity index (χ0) is 13.8. The molecule has 114 valence electrons. The van der Waals surface area contributed by atoms with Crippen LogP contribution in [0.5, 0.6) is 0 Å². The molecule has 3 nitrogen and oxygen atoms in total. The second-order valence-electron chi connectivity index (χ2n) is 5.76. The fourth-order valence-corrected chi connectivity index (χ4v) is 3.09. The number of methoxy groups -OCH3 is 1. The van der Waals surface area contributed by atoms with Gasteiger partial charge < -0.3 is 14.8 Å². The van der Waals surface area contributed by atoms with Crippen LogP contribution in [0.2, 0.25) is 0 Å². The minimum atomic E-state index is 0.712. The molecule has 0 saturated heterocycles. The number of hydrogen-bond donors (Lipinski definition) is 1. The summed E-state index contributed by atoms with van der Waals surface area (Å²) >= 11 is 0. The van der Waals surface area contributed by atoms with Crippen LogP contribution in [0.1, 0.15) is 51.9 Å². The first kappa shape index (κ1) is 16.9. The molecule has 1 unspecified atom stereocenters. The van der Waals surface area contributed by atoms with Crippen molar-refractivity contribution in [3.63, 3.8) is 0 Å². The van der Waals surface area contributed by atoms with Gasteiger partial charge in [-0.25, -0.2) is 0 Å². The Hall–Kier alpha value is -0.120. The molecular weight excluding hydrogens is 238 g/mol. The number of nitrogens with one attached hydrogen (secondary N) is 1. The third-order valence-electron chi connectivity index (χ3n) is 4.20. The highest BCUT2D eigenvalue weighted by Crippen LogP contribution is 2.33. The van der Waals surface area contributed by atoms with Crippen LogP contribution in [0, 0.1) is 11.8 Å². The van der Waals surface area contributed by atoms with Crippen molar-refractivity contribution in [2.24, 2.45) is 11.8 Å². The topological polar surface area (TPSA) is 30.5 Å². The first-order chi connectivity index (χ1) is 9.38. The Bertz CT molecular complexity index is 193. The van der Waals surface area contributed by atoms with Gasteiger partial charge in [0.15, 0.2) is 0 Å².